The predicted molar refractivity (Wildman–Crippen MR) is 139 cm³/mol. The van der Waals surface area contributed by atoms with Crippen LogP contribution in [0.4, 0.5) is 5.13 Å². The number of hydrogen-bond donors (Lipinski definition) is 0. The highest BCUT2D eigenvalue weighted by Crippen LogP contribution is 2.33. The molecule has 1 aromatic heterocycles. The van der Waals surface area contributed by atoms with Crippen LogP contribution in [0.15, 0.2) is 41.3 Å². The average Bonchev–Trinajstić information content (AvgIpc) is 3.24. The Morgan fingerprint density at radius 2 is 1.79 bits per heavy atom. The number of aryl methyl sites for hydroxylation is 1. The molecule has 0 unspecified atom stereocenters. The van der Waals surface area contributed by atoms with Gasteiger partial charge in [0.25, 0.3) is 0 Å². The van der Waals surface area contributed by atoms with Crippen molar-refractivity contribution in [1.29, 1.82) is 0 Å². The fraction of sp³-hybridized carbons (Fsp3) is 0.417. The monoisotopic (exact) mass is 523 g/mol. The standard InChI is InChI=1S/C24H30ClN3O4S2/c1-5-27(6-2)12-13-28(24-26-23-17(3)15-18(25)16-21(23)33-24)22(29)11-14-34(30,31)20-9-7-19(32-4)8-10-20/h7-10,15-16H,5-6,11-14H2,1-4H3. The maximum atomic E-state index is 13.3. The number of methoxy groups -OCH3 is 1. The second-order valence-corrected chi connectivity index (χ2v) is 11.4. The lowest BCUT2D eigenvalue weighted by molar-refractivity contribution is -0.118. The molecule has 0 radical (unpaired) electrons. The summed E-state index contributed by atoms with van der Waals surface area (Å²) < 4.78 is 31.6. The molecule has 184 valence electrons. The molecule has 3 rings (SSSR count). The number of hydrogen-bond acceptors (Lipinski definition) is 7. The molecule has 0 bridgehead atoms. The highest BCUT2D eigenvalue weighted by molar-refractivity contribution is 7.91. The zero-order valence-electron chi connectivity index (χ0n) is 19.9. The summed E-state index contributed by atoms with van der Waals surface area (Å²) in [7, 11) is -2.10. The van der Waals surface area contributed by atoms with Crippen molar-refractivity contribution in [3.05, 3.63) is 47.0 Å². The van der Waals surface area contributed by atoms with E-state index in [9.17, 15) is 13.2 Å². The first-order chi connectivity index (χ1) is 16.2. The van der Waals surface area contributed by atoms with E-state index in [-0.39, 0.29) is 23.0 Å². The van der Waals surface area contributed by atoms with Gasteiger partial charge in [-0.25, -0.2) is 13.4 Å². The number of fused-ring (bicyclic) bond motifs is 1. The molecular formula is C24H30ClN3O4S2. The minimum Gasteiger partial charge on any atom is -0.497 e. The Kier molecular flexibility index (Phi) is 8.92. The Bertz CT molecular complexity index is 1240. The smallest absolute Gasteiger partial charge is 0.229 e. The van der Waals surface area contributed by atoms with Crippen LogP contribution < -0.4 is 9.64 Å². The Labute approximate surface area is 210 Å². The van der Waals surface area contributed by atoms with Gasteiger partial charge in [0.05, 0.1) is 28.0 Å². The van der Waals surface area contributed by atoms with Crippen molar-refractivity contribution >= 4 is 54.0 Å². The molecule has 0 N–H and O–H groups in total. The van der Waals surface area contributed by atoms with Crippen molar-refractivity contribution < 1.29 is 17.9 Å². The van der Waals surface area contributed by atoms with Gasteiger partial charge in [-0.3, -0.25) is 9.69 Å². The van der Waals surface area contributed by atoms with Crippen LogP contribution in [0.5, 0.6) is 5.75 Å². The molecular weight excluding hydrogens is 494 g/mol. The number of nitrogens with zero attached hydrogens (tertiary/aromatic N) is 3. The van der Waals surface area contributed by atoms with Gasteiger partial charge in [0.1, 0.15) is 5.75 Å². The molecule has 0 aliphatic rings. The third kappa shape index (κ3) is 6.27. The lowest BCUT2D eigenvalue weighted by Crippen LogP contribution is -2.39. The van der Waals surface area contributed by atoms with Crippen LogP contribution in [0, 0.1) is 6.92 Å². The normalized spacial score (nSPS) is 11.8. The number of thiazole rings is 1. The number of likely N-dealkylation sites (N-methyl/N-ethyl adjacent to an activating group) is 1. The minimum atomic E-state index is -3.62. The third-order valence-electron chi connectivity index (χ3n) is 5.71. The van der Waals surface area contributed by atoms with Crippen molar-refractivity contribution in [2.45, 2.75) is 32.1 Å². The Morgan fingerprint density at radius 1 is 1.12 bits per heavy atom. The number of benzene rings is 2. The Morgan fingerprint density at radius 3 is 2.41 bits per heavy atom. The van der Waals surface area contributed by atoms with Crippen molar-refractivity contribution in [3.8, 4) is 5.75 Å². The molecule has 10 heteroatoms. The van der Waals surface area contributed by atoms with Crippen LogP contribution in [0.25, 0.3) is 10.2 Å². The largest absolute Gasteiger partial charge is 0.497 e. The van der Waals surface area contributed by atoms with Gasteiger partial charge in [0, 0.05) is 24.5 Å². The van der Waals surface area contributed by atoms with Crippen LogP contribution in [0.1, 0.15) is 25.8 Å². The highest BCUT2D eigenvalue weighted by Gasteiger charge is 2.24. The second kappa shape index (κ2) is 11.5. The molecule has 0 saturated heterocycles. The van der Waals surface area contributed by atoms with Crippen molar-refractivity contribution in [1.82, 2.24) is 9.88 Å². The Balaban J connectivity index is 1.83. The quantitative estimate of drug-likeness (QED) is 0.359. The topological polar surface area (TPSA) is 79.8 Å². The van der Waals surface area contributed by atoms with E-state index in [1.165, 1.54) is 30.6 Å². The predicted octanol–water partition coefficient (Wildman–Crippen LogP) is 4.81. The van der Waals surface area contributed by atoms with Crippen LogP contribution in [-0.2, 0) is 14.6 Å². The number of ether oxygens (including phenoxy) is 1. The van der Waals surface area contributed by atoms with E-state index < -0.39 is 9.84 Å². The summed E-state index contributed by atoms with van der Waals surface area (Å²) in [6, 6.07) is 9.87. The molecule has 1 heterocycles. The molecule has 2 aromatic carbocycles. The van der Waals surface area contributed by atoms with Crippen molar-refractivity contribution in [2.24, 2.45) is 0 Å². The molecule has 34 heavy (non-hydrogen) atoms. The van der Waals surface area contributed by atoms with Crippen molar-refractivity contribution in [3.63, 3.8) is 0 Å². The molecule has 0 spiro atoms. The summed E-state index contributed by atoms with van der Waals surface area (Å²) >= 11 is 7.60. The molecule has 0 fully saturated rings. The first kappa shape index (κ1) is 26.4. The maximum absolute atomic E-state index is 13.3. The number of halogens is 1. The number of carbonyl (C=O) groups is 1. The zero-order valence-corrected chi connectivity index (χ0v) is 22.3. The molecule has 0 aliphatic carbocycles. The summed E-state index contributed by atoms with van der Waals surface area (Å²) in [4.78, 5) is 22.0. The first-order valence-electron chi connectivity index (χ1n) is 11.1. The van der Waals surface area contributed by atoms with Gasteiger partial charge in [-0.15, -0.1) is 0 Å². The summed E-state index contributed by atoms with van der Waals surface area (Å²) in [6.45, 7) is 8.88. The second-order valence-electron chi connectivity index (χ2n) is 7.88. The highest BCUT2D eigenvalue weighted by atomic mass is 35.5. The van der Waals surface area contributed by atoms with Gasteiger partial charge in [0.2, 0.25) is 5.91 Å². The first-order valence-corrected chi connectivity index (χ1v) is 14.0. The van der Waals surface area contributed by atoms with E-state index in [0.717, 1.165) is 28.9 Å². The molecule has 7 nitrogen and oxygen atoms in total. The van der Waals surface area contributed by atoms with Gasteiger partial charge in [-0.2, -0.15) is 0 Å². The summed E-state index contributed by atoms with van der Waals surface area (Å²) in [6.07, 6.45) is -0.137. The molecule has 0 saturated carbocycles. The van der Waals surface area contributed by atoms with E-state index in [2.05, 4.69) is 18.7 Å². The number of carbonyl (C=O) groups excluding carboxylic acids is 1. The zero-order chi connectivity index (χ0) is 24.9. The fourth-order valence-corrected chi connectivity index (χ4v) is 6.32. The molecule has 1 amide bonds. The Hall–Kier alpha value is -2.20. The number of sulfone groups is 1. The number of amides is 1. The third-order valence-corrected chi connectivity index (χ3v) is 8.68. The van der Waals surface area contributed by atoms with Gasteiger partial charge in [-0.05, 0) is 62.0 Å². The van der Waals surface area contributed by atoms with E-state index in [4.69, 9.17) is 21.3 Å². The SMILES string of the molecule is CCN(CC)CCN(C(=O)CCS(=O)(=O)c1ccc(OC)cc1)c1nc2c(C)cc(Cl)cc2s1. The summed E-state index contributed by atoms with van der Waals surface area (Å²) in [5.41, 5.74) is 1.74. The van der Waals surface area contributed by atoms with Crippen LogP contribution in [-0.4, -0.2) is 63.3 Å². The number of anilines is 1. The van der Waals surface area contributed by atoms with Crippen LogP contribution >= 0.6 is 22.9 Å². The van der Waals surface area contributed by atoms with Crippen LogP contribution in [0.2, 0.25) is 5.02 Å². The minimum absolute atomic E-state index is 0.137. The number of aromatic nitrogens is 1. The summed E-state index contributed by atoms with van der Waals surface area (Å²) in [5, 5.41) is 1.17. The van der Waals surface area contributed by atoms with E-state index in [0.29, 0.717) is 29.0 Å². The molecule has 0 atom stereocenters. The van der Waals surface area contributed by atoms with Gasteiger partial charge in [-0.1, -0.05) is 36.8 Å². The average molecular weight is 524 g/mol. The van der Waals surface area contributed by atoms with Gasteiger partial charge < -0.3 is 9.64 Å². The van der Waals surface area contributed by atoms with E-state index in [1.54, 1.807) is 17.0 Å². The van der Waals surface area contributed by atoms with Crippen molar-refractivity contribution in [2.75, 3.05) is 43.9 Å². The summed E-state index contributed by atoms with van der Waals surface area (Å²) in [5.74, 6) is 0.0197. The van der Waals surface area contributed by atoms with Gasteiger partial charge in [0.15, 0.2) is 15.0 Å². The van der Waals surface area contributed by atoms with E-state index in [1.807, 2.05) is 19.1 Å². The fourth-order valence-electron chi connectivity index (χ4n) is 3.62. The van der Waals surface area contributed by atoms with Crippen LogP contribution in [0.3, 0.4) is 0 Å². The van der Waals surface area contributed by atoms with Gasteiger partial charge >= 0.3 is 0 Å². The number of rotatable bonds is 11. The lowest BCUT2D eigenvalue weighted by atomic mass is 10.2. The maximum Gasteiger partial charge on any atom is 0.229 e. The van der Waals surface area contributed by atoms with E-state index >= 15 is 0 Å². The molecule has 3 aromatic rings. The molecule has 0 aliphatic heterocycles. The lowest BCUT2D eigenvalue weighted by Gasteiger charge is -2.24.